The van der Waals surface area contributed by atoms with Gasteiger partial charge in [0.05, 0.1) is 16.6 Å². The van der Waals surface area contributed by atoms with E-state index in [1.165, 1.54) is 17.8 Å². The molecule has 1 aliphatic heterocycles. The number of hydrogen-bond acceptors (Lipinski definition) is 7. The SMILES string of the molecule is CO[C@H]1CC[C@@]2(c3cc([N+](=O)[O-])ccc3F)N=C(NC(=O)OC(C)(C)C)SC[C@H]12. The molecule has 1 heterocycles. The summed E-state index contributed by atoms with van der Waals surface area (Å²) in [7, 11) is 1.59. The molecule has 10 heteroatoms. The molecular formula is C19H24FN3O5S. The summed E-state index contributed by atoms with van der Waals surface area (Å²) in [5, 5.41) is 14.2. The summed E-state index contributed by atoms with van der Waals surface area (Å²) in [6.45, 7) is 5.25. The van der Waals surface area contributed by atoms with Crippen LogP contribution in [-0.2, 0) is 15.0 Å². The lowest BCUT2D eigenvalue weighted by Crippen LogP contribution is -2.44. The minimum Gasteiger partial charge on any atom is -0.444 e. The number of fused-ring (bicyclic) bond motifs is 1. The molecule has 29 heavy (non-hydrogen) atoms. The molecule has 1 N–H and O–H groups in total. The molecule has 3 atom stereocenters. The first-order chi connectivity index (χ1) is 13.6. The fourth-order valence-electron chi connectivity index (χ4n) is 3.91. The van der Waals surface area contributed by atoms with Crippen molar-refractivity contribution in [1.29, 1.82) is 0 Å². The van der Waals surface area contributed by atoms with Gasteiger partial charge in [-0.25, -0.2) is 9.18 Å². The summed E-state index contributed by atoms with van der Waals surface area (Å²) in [5.74, 6) is -0.224. The van der Waals surface area contributed by atoms with Gasteiger partial charge in [-0.3, -0.25) is 20.4 Å². The van der Waals surface area contributed by atoms with E-state index in [2.05, 4.69) is 5.32 Å². The predicted molar refractivity (Wildman–Crippen MR) is 108 cm³/mol. The second kappa shape index (κ2) is 7.91. The standard InChI is InChI=1S/C19H24FN3O5S/c1-18(2,3)28-17(24)21-16-22-19(8-7-15(27-4)13(19)10-29-16)12-9-11(23(25)26)5-6-14(12)20/h5-6,9,13,15H,7-8,10H2,1-4H3,(H,21,22,24)/t13-,15+,19+/m1/s1. The third-order valence-corrected chi connectivity index (χ3v) is 6.10. The summed E-state index contributed by atoms with van der Waals surface area (Å²) >= 11 is 1.32. The highest BCUT2D eigenvalue weighted by Crippen LogP contribution is 2.52. The molecule has 1 amide bonds. The van der Waals surface area contributed by atoms with E-state index in [1.807, 2.05) is 0 Å². The van der Waals surface area contributed by atoms with E-state index in [0.29, 0.717) is 23.8 Å². The molecule has 0 radical (unpaired) electrons. The van der Waals surface area contributed by atoms with Crippen LogP contribution in [0.2, 0.25) is 0 Å². The number of nitrogens with one attached hydrogen (secondary N) is 1. The molecule has 1 aromatic carbocycles. The van der Waals surface area contributed by atoms with Gasteiger partial charge in [0, 0.05) is 36.5 Å². The quantitative estimate of drug-likeness (QED) is 0.580. The maximum absolute atomic E-state index is 14.8. The van der Waals surface area contributed by atoms with Crippen LogP contribution >= 0.6 is 11.8 Å². The van der Waals surface area contributed by atoms with Crippen LogP contribution in [0.1, 0.15) is 39.2 Å². The van der Waals surface area contributed by atoms with Crippen LogP contribution in [0, 0.1) is 21.8 Å². The minimum atomic E-state index is -1.05. The molecule has 0 spiro atoms. The van der Waals surface area contributed by atoms with Crippen molar-refractivity contribution in [3.05, 3.63) is 39.7 Å². The highest BCUT2D eigenvalue weighted by Gasteiger charge is 2.53. The average Bonchev–Trinajstić information content (AvgIpc) is 2.98. The molecule has 0 bridgehead atoms. The minimum absolute atomic E-state index is 0.153. The van der Waals surface area contributed by atoms with Gasteiger partial charge in [0.15, 0.2) is 5.17 Å². The van der Waals surface area contributed by atoms with Crippen molar-refractivity contribution in [3.63, 3.8) is 0 Å². The fourth-order valence-corrected chi connectivity index (χ4v) is 5.12. The van der Waals surface area contributed by atoms with E-state index >= 15 is 0 Å². The number of halogens is 1. The Morgan fingerprint density at radius 3 is 2.79 bits per heavy atom. The van der Waals surface area contributed by atoms with Gasteiger partial charge in [-0.1, -0.05) is 11.8 Å². The number of amides is 1. The van der Waals surface area contributed by atoms with E-state index in [4.69, 9.17) is 14.5 Å². The zero-order chi connectivity index (χ0) is 21.4. The van der Waals surface area contributed by atoms with E-state index in [9.17, 15) is 19.3 Å². The molecule has 1 aromatic rings. The number of alkyl carbamates (subject to hydrolysis) is 1. The summed E-state index contributed by atoms with van der Waals surface area (Å²) < 4.78 is 25.7. The lowest BCUT2D eigenvalue weighted by Gasteiger charge is -2.38. The summed E-state index contributed by atoms with van der Waals surface area (Å²) in [4.78, 5) is 27.6. The first-order valence-corrected chi connectivity index (χ1v) is 10.2. The molecule has 1 saturated carbocycles. The third kappa shape index (κ3) is 4.37. The number of aliphatic imine (C=N–C) groups is 1. The first kappa shape index (κ1) is 21.5. The van der Waals surface area contributed by atoms with Crippen LogP contribution in [0.25, 0.3) is 0 Å². The Morgan fingerprint density at radius 2 is 2.17 bits per heavy atom. The molecule has 0 unspecified atom stereocenters. The number of non-ortho nitro benzene ring substituents is 1. The highest BCUT2D eigenvalue weighted by atomic mass is 32.2. The molecule has 8 nitrogen and oxygen atoms in total. The number of carbonyl (C=O) groups excluding carboxylic acids is 1. The van der Waals surface area contributed by atoms with Crippen LogP contribution in [0.3, 0.4) is 0 Å². The van der Waals surface area contributed by atoms with Gasteiger partial charge in [0.2, 0.25) is 0 Å². The first-order valence-electron chi connectivity index (χ1n) is 9.25. The normalized spacial score (nSPS) is 26.4. The van der Waals surface area contributed by atoms with E-state index in [-0.39, 0.29) is 23.3 Å². The van der Waals surface area contributed by atoms with Crippen molar-refractivity contribution in [2.75, 3.05) is 12.9 Å². The fraction of sp³-hybridized carbons (Fsp3) is 0.579. The van der Waals surface area contributed by atoms with Gasteiger partial charge >= 0.3 is 6.09 Å². The van der Waals surface area contributed by atoms with Gasteiger partial charge in [-0.15, -0.1) is 0 Å². The second-order valence-corrected chi connectivity index (χ2v) is 9.13. The number of hydrogen-bond donors (Lipinski definition) is 1. The van der Waals surface area contributed by atoms with Gasteiger partial charge in [0.1, 0.15) is 11.4 Å². The van der Waals surface area contributed by atoms with Crippen molar-refractivity contribution in [2.45, 2.75) is 50.9 Å². The number of amidine groups is 1. The van der Waals surface area contributed by atoms with Gasteiger partial charge in [-0.2, -0.15) is 0 Å². The number of carbonyl (C=O) groups is 1. The molecule has 0 saturated heterocycles. The number of nitro benzene ring substituents is 1. The largest absolute Gasteiger partial charge is 0.444 e. The number of thioether (sulfide) groups is 1. The van der Waals surface area contributed by atoms with Crippen molar-refractivity contribution in [2.24, 2.45) is 10.9 Å². The van der Waals surface area contributed by atoms with Crippen molar-refractivity contribution >= 4 is 28.7 Å². The third-order valence-electron chi connectivity index (χ3n) is 5.11. The smallest absolute Gasteiger partial charge is 0.413 e. The van der Waals surface area contributed by atoms with Crippen LogP contribution in [-0.4, -0.2) is 40.8 Å². The lowest BCUT2D eigenvalue weighted by atomic mass is 9.80. The predicted octanol–water partition coefficient (Wildman–Crippen LogP) is 3.98. The van der Waals surface area contributed by atoms with Gasteiger partial charge in [-0.05, 0) is 39.7 Å². The zero-order valence-electron chi connectivity index (χ0n) is 16.7. The Balaban J connectivity index is 2.02. The van der Waals surface area contributed by atoms with Crippen molar-refractivity contribution in [1.82, 2.24) is 5.32 Å². The lowest BCUT2D eigenvalue weighted by molar-refractivity contribution is -0.385. The van der Waals surface area contributed by atoms with E-state index in [1.54, 1.807) is 27.9 Å². The zero-order valence-corrected chi connectivity index (χ0v) is 17.5. The Morgan fingerprint density at radius 1 is 1.45 bits per heavy atom. The topological polar surface area (TPSA) is 103 Å². The molecule has 2 aliphatic rings. The molecule has 1 fully saturated rings. The van der Waals surface area contributed by atoms with E-state index in [0.717, 1.165) is 12.1 Å². The Hall–Kier alpha value is -2.20. The Labute approximate surface area is 172 Å². The van der Waals surface area contributed by atoms with Crippen molar-refractivity contribution in [3.8, 4) is 0 Å². The average molecular weight is 425 g/mol. The summed E-state index contributed by atoms with van der Waals surface area (Å²) in [6.07, 6.45) is 0.271. The Bertz CT molecular complexity index is 857. The summed E-state index contributed by atoms with van der Waals surface area (Å²) in [6, 6.07) is 3.47. The molecule has 1 aliphatic carbocycles. The van der Waals surface area contributed by atoms with Crippen LogP contribution in [0.15, 0.2) is 23.2 Å². The van der Waals surface area contributed by atoms with E-state index < -0.39 is 28.0 Å². The molecule has 3 rings (SSSR count). The van der Waals surface area contributed by atoms with Crippen LogP contribution in [0.5, 0.6) is 0 Å². The number of rotatable bonds is 3. The maximum atomic E-state index is 14.8. The Kier molecular flexibility index (Phi) is 5.86. The van der Waals surface area contributed by atoms with Crippen LogP contribution in [0.4, 0.5) is 14.9 Å². The number of nitrogens with zero attached hydrogens (tertiary/aromatic N) is 2. The van der Waals surface area contributed by atoms with Gasteiger partial charge < -0.3 is 9.47 Å². The number of methoxy groups -OCH3 is 1. The monoisotopic (exact) mass is 425 g/mol. The van der Waals surface area contributed by atoms with Crippen molar-refractivity contribution < 1.29 is 23.6 Å². The molecule has 158 valence electrons. The molecular weight excluding hydrogens is 401 g/mol. The maximum Gasteiger partial charge on any atom is 0.413 e. The second-order valence-electron chi connectivity index (χ2n) is 8.12. The number of nitro groups is 1. The number of benzene rings is 1. The van der Waals surface area contributed by atoms with Gasteiger partial charge in [0.25, 0.3) is 5.69 Å². The summed E-state index contributed by atoms with van der Waals surface area (Å²) in [5.41, 5.74) is -1.78. The highest BCUT2D eigenvalue weighted by molar-refractivity contribution is 8.13. The molecule has 0 aromatic heterocycles. The van der Waals surface area contributed by atoms with Crippen LogP contribution < -0.4 is 5.32 Å². The number of ether oxygens (including phenoxy) is 2.